The second-order valence-corrected chi connectivity index (χ2v) is 5.93. The van der Waals surface area contributed by atoms with Gasteiger partial charge in [-0.2, -0.15) is 5.10 Å². The van der Waals surface area contributed by atoms with Gasteiger partial charge in [0.2, 0.25) is 0 Å². The van der Waals surface area contributed by atoms with E-state index in [0.29, 0.717) is 23.6 Å². The third-order valence-corrected chi connectivity index (χ3v) is 4.32. The Labute approximate surface area is 149 Å². The number of pyridine rings is 2. The van der Waals surface area contributed by atoms with E-state index >= 15 is 0 Å². The van der Waals surface area contributed by atoms with Crippen LogP contribution in [-0.2, 0) is 6.54 Å². The predicted octanol–water partition coefficient (Wildman–Crippen LogP) is 2.56. The molecule has 0 saturated heterocycles. The van der Waals surface area contributed by atoms with E-state index in [0.717, 1.165) is 16.5 Å². The van der Waals surface area contributed by atoms with Crippen LogP contribution in [0.1, 0.15) is 16.1 Å². The van der Waals surface area contributed by atoms with Gasteiger partial charge < -0.3 is 9.64 Å². The summed E-state index contributed by atoms with van der Waals surface area (Å²) in [6.07, 6.45) is 3.17. The van der Waals surface area contributed by atoms with Crippen LogP contribution in [0.15, 0.2) is 55.0 Å². The molecule has 3 aromatic heterocycles. The number of carbonyl (C=O) groups is 1. The third kappa shape index (κ3) is 2.63. The second-order valence-electron chi connectivity index (χ2n) is 5.93. The Hall–Kier alpha value is -3.48. The predicted molar refractivity (Wildman–Crippen MR) is 97.1 cm³/mol. The van der Waals surface area contributed by atoms with Gasteiger partial charge in [0.25, 0.3) is 5.91 Å². The molecule has 0 saturated carbocycles. The summed E-state index contributed by atoms with van der Waals surface area (Å²) in [5, 5.41) is 5.10. The van der Waals surface area contributed by atoms with Crippen molar-refractivity contribution in [3.05, 3.63) is 66.2 Å². The Morgan fingerprint density at radius 3 is 2.88 bits per heavy atom. The van der Waals surface area contributed by atoms with Crippen LogP contribution in [0.4, 0.5) is 0 Å². The minimum atomic E-state index is -0.131. The Morgan fingerprint density at radius 1 is 1.15 bits per heavy atom. The van der Waals surface area contributed by atoms with Gasteiger partial charge in [0.1, 0.15) is 23.3 Å². The maximum atomic E-state index is 12.9. The van der Waals surface area contributed by atoms with Crippen molar-refractivity contribution in [2.45, 2.75) is 6.54 Å². The average molecular weight is 347 g/mol. The maximum Gasteiger partial charge on any atom is 0.272 e. The van der Waals surface area contributed by atoms with Gasteiger partial charge >= 0.3 is 0 Å². The molecule has 4 aromatic rings. The molecule has 0 spiro atoms. The molecule has 7 nitrogen and oxygen atoms in total. The molecule has 0 bridgehead atoms. The molecule has 0 N–H and O–H groups in total. The van der Waals surface area contributed by atoms with Crippen molar-refractivity contribution >= 4 is 22.5 Å². The number of hydrogen-bond acceptors (Lipinski definition) is 5. The maximum absolute atomic E-state index is 12.9. The second kappa shape index (κ2) is 6.44. The van der Waals surface area contributed by atoms with Crippen molar-refractivity contribution in [2.24, 2.45) is 0 Å². The Bertz CT molecular complexity index is 1110. The molecule has 26 heavy (non-hydrogen) atoms. The molecule has 130 valence electrons. The van der Waals surface area contributed by atoms with E-state index in [4.69, 9.17) is 4.74 Å². The van der Waals surface area contributed by atoms with E-state index in [2.05, 4.69) is 15.1 Å². The van der Waals surface area contributed by atoms with Crippen molar-refractivity contribution < 1.29 is 9.53 Å². The lowest BCUT2D eigenvalue weighted by atomic mass is 10.1. The zero-order chi connectivity index (χ0) is 18.1. The molecular formula is C19H17N5O2. The number of rotatable bonds is 4. The summed E-state index contributed by atoms with van der Waals surface area (Å²) in [6.45, 7) is 0.441. The molecule has 7 heteroatoms. The molecule has 0 unspecified atom stereocenters. The molecular weight excluding hydrogens is 330 g/mol. The Balaban J connectivity index is 1.68. The van der Waals surface area contributed by atoms with Crippen LogP contribution < -0.4 is 4.74 Å². The van der Waals surface area contributed by atoms with Crippen molar-refractivity contribution in [1.29, 1.82) is 0 Å². The molecule has 0 atom stereocenters. The first-order valence-electron chi connectivity index (χ1n) is 8.14. The highest BCUT2D eigenvalue weighted by atomic mass is 16.5. The summed E-state index contributed by atoms with van der Waals surface area (Å²) in [5.74, 6) is 0.583. The Morgan fingerprint density at radius 2 is 2.04 bits per heavy atom. The molecule has 3 heterocycles. The van der Waals surface area contributed by atoms with Gasteiger partial charge in [-0.15, -0.1) is 0 Å². The highest BCUT2D eigenvalue weighted by molar-refractivity contribution is 5.93. The largest absolute Gasteiger partial charge is 0.494 e. The number of fused-ring (bicyclic) bond motifs is 2. The van der Waals surface area contributed by atoms with Gasteiger partial charge in [-0.05, 0) is 29.8 Å². The molecule has 1 amide bonds. The highest BCUT2D eigenvalue weighted by Gasteiger charge is 2.17. The van der Waals surface area contributed by atoms with Gasteiger partial charge in [0, 0.05) is 25.2 Å². The standard InChI is InChI=1S/C19H17N5O2/c1-23(19(25)15-6-3-7-17-21-12-22-24(15)17)11-13-8-9-16(26-2)18-14(13)5-4-10-20-18/h3-10,12H,11H2,1-2H3. The summed E-state index contributed by atoms with van der Waals surface area (Å²) in [6, 6.07) is 13.1. The quantitative estimate of drug-likeness (QED) is 0.567. The molecule has 0 aliphatic heterocycles. The first kappa shape index (κ1) is 16.0. The average Bonchev–Trinajstić information content (AvgIpc) is 3.16. The number of methoxy groups -OCH3 is 1. The number of carbonyl (C=O) groups excluding carboxylic acids is 1. The fraction of sp³-hybridized carbons (Fsp3) is 0.158. The van der Waals surface area contributed by atoms with Crippen molar-refractivity contribution in [3.63, 3.8) is 0 Å². The third-order valence-electron chi connectivity index (χ3n) is 4.32. The summed E-state index contributed by atoms with van der Waals surface area (Å²) in [4.78, 5) is 23.1. The summed E-state index contributed by atoms with van der Waals surface area (Å²) >= 11 is 0. The summed E-state index contributed by atoms with van der Waals surface area (Å²) in [5.41, 5.74) is 2.89. The van der Waals surface area contributed by atoms with E-state index in [9.17, 15) is 4.79 Å². The molecule has 0 aliphatic rings. The number of nitrogens with zero attached hydrogens (tertiary/aromatic N) is 5. The first-order chi connectivity index (χ1) is 12.7. The summed E-state index contributed by atoms with van der Waals surface area (Å²) < 4.78 is 6.93. The number of hydrogen-bond donors (Lipinski definition) is 0. The lowest BCUT2D eigenvalue weighted by Gasteiger charge is -2.19. The number of amides is 1. The van der Waals surface area contributed by atoms with Crippen molar-refractivity contribution in [2.75, 3.05) is 14.2 Å². The van der Waals surface area contributed by atoms with Gasteiger partial charge in [0.05, 0.1) is 7.11 Å². The normalized spacial score (nSPS) is 11.0. The van der Waals surface area contributed by atoms with Gasteiger partial charge in [0.15, 0.2) is 5.65 Å². The lowest BCUT2D eigenvalue weighted by molar-refractivity contribution is 0.0777. The minimum Gasteiger partial charge on any atom is -0.494 e. The molecule has 0 aliphatic carbocycles. The van der Waals surface area contributed by atoms with E-state index in [1.54, 1.807) is 41.9 Å². The molecule has 0 radical (unpaired) electrons. The zero-order valence-corrected chi connectivity index (χ0v) is 14.5. The smallest absolute Gasteiger partial charge is 0.272 e. The van der Waals surface area contributed by atoms with Crippen LogP contribution in [0, 0.1) is 0 Å². The van der Waals surface area contributed by atoms with E-state index in [1.165, 1.54) is 6.33 Å². The van der Waals surface area contributed by atoms with Crippen LogP contribution in [-0.4, -0.2) is 44.5 Å². The fourth-order valence-electron chi connectivity index (χ4n) is 3.04. The molecule has 1 aromatic carbocycles. The summed E-state index contributed by atoms with van der Waals surface area (Å²) in [7, 11) is 3.39. The fourth-order valence-corrected chi connectivity index (χ4v) is 3.04. The van der Waals surface area contributed by atoms with Crippen LogP contribution in [0.5, 0.6) is 5.75 Å². The number of ether oxygens (including phenoxy) is 1. The number of aromatic nitrogens is 4. The van der Waals surface area contributed by atoms with Crippen LogP contribution >= 0.6 is 0 Å². The van der Waals surface area contributed by atoms with E-state index in [-0.39, 0.29) is 5.91 Å². The monoisotopic (exact) mass is 347 g/mol. The molecule has 4 rings (SSSR count). The highest BCUT2D eigenvalue weighted by Crippen LogP contribution is 2.27. The van der Waals surface area contributed by atoms with E-state index in [1.807, 2.05) is 30.3 Å². The van der Waals surface area contributed by atoms with Crippen LogP contribution in [0.2, 0.25) is 0 Å². The number of benzene rings is 1. The van der Waals surface area contributed by atoms with Crippen molar-refractivity contribution in [1.82, 2.24) is 24.5 Å². The lowest BCUT2D eigenvalue weighted by Crippen LogP contribution is -2.28. The SMILES string of the molecule is COc1ccc(CN(C)C(=O)c2cccc3ncnn23)c2cccnc12. The van der Waals surface area contributed by atoms with E-state index < -0.39 is 0 Å². The van der Waals surface area contributed by atoms with Gasteiger partial charge in [-0.25, -0.2) is 9.50 Å². The van der Waals surface area contributed by atoms with Crippen LogP contribution in [0.3, 0.4) is 0 Å². The van der Waals surface area contributed by atoms with Crippen molar-refractivity contribution in [3.8, 4) is 5.75 Å². The zero-order valence-electron chi connectivity index (χ0n) is 14.5. The van der Waals surface area contributed by atoms with Gasteiger partial charge in [-0.3, -0.25) is 9.78 Å². The topological polar surface area (TPSA) is 72.6 Å². The Kier molecular flexibility index (Phi) is 3.96. The van der Waals surface area contributed by atoms with Gasteiger partial charge in [-0.1, -0.05) is 18.2 Å². The van der Waals surface area contributed by atoms with Crippen LogP contribution in [0.25, 0.3) is 16.6 Å². The first-order valence-corrected chi connectivity index (χ1v) is 8.14. The molecule has 0 fully saturated rings. The minimum absolute atomic E-state index is 0.131.